The Bertz CT molecular complexity index is 567. The summed E-state index contributed by atoms with van der Waals surface area (Å²) in [6.07, 6.45) is 1.89. The second-order valence-corrected chi connectivity index (χ2v) is 5.05. The summed E-state index contributed by atoms with van der Waals surface area (Å²) in [6, 6.07) is 17.3. The summed E-state index contributed by atoms with van der Waals surface area (Å²) in [6.45, 7) is 3.09. The van der Waals surface area contributed by atoms with Crippen molar-refractivity contribution in [3.05, 3.63) is 75.8 Å². The largest absolute Gasteiger partial charge is 0.310 e. The van der Waals surface area contributed by atoms with Gasteiger partial charge in [-0.05, 0) is 30.5 Å². The number of nitro benzene ring substituents is 1. The SMILES string of the molecule is CCCNC(Cc1ccc([N+](=O)[O-])cc1)c1ccccc1. The molecule has 110 valence electrons. The summed E-state index contributed by atoms with van der Waals surface area (Å²) in [7, 11) is 0. The van der Waals surface area contributed by atoms with Crippen molar-refractivity contribution in [3.8, 4) is 0 Å². The van der Waals surface area contributed by atoms with Gasteiger partial charge in [0.15, 0.2) is 0 Å². The third-order valence-corrected chi connectivity index (χ3v) is 3.43. The maximum absolute atomic E-state index is 10.7. The zero-order valence-corrected chi connectivity index (χ0v) is 12.2. The maximum Gasteiger partial charge on any atom is 0.269 e. The topological polar surface area (TPSA) is 55.2 Å². The van der Waals surface area contributed by atoms with E-state index in [0.29, 0.717) is 0 Å². The summed E-state index contributed by atoms with van der Waals surface area (Å²) in [5.74, 6) is 0. The predicted octanol–water partition coefficient (Wildman–Crippen LogP) is 3.88. The Labute approximate surface area is 125 Å². The van der Waals surface area contributed by atoms with Crippen LogP contribution in [0.1, 0.15) is 30.5 Å². The fourth-order valence-corrected chi connectivity index (χ4v) is 2.30. The highest BCUT2D eigenvalue weighted by molar-refractivity contribution is 5.34. The molecule has 0 aromatic heterocycles. The second-order valence-electron chi connectivity index (χ2n) is 5.05. The number of hydrogen-bond acceptors (Lipinski definition) is 3. The minimum absolute atomic E-state index is 0.136. The van der Waals surface area contributed by atoms with Crippen LogP contribution in [0.25, 0.3) is 0 Å². The van der Waals surface area contributed by atoms with Crippen LogP contribution in [-0.2, 0) is 6.42 Å². The second kappa shape index (κ2) is 7.55. The third kappa shape index (κ3) is 4.39. The number of non-ortho nitro benzene ring substituents is 1. The Hall–Kier alpha value is -2.20. The first kappa shape index (κ1) is 15.2. The molecule has 0 saturated heterocycles. The molecule has 1 atom stereocenters. The van der Waals surface area contributed by atoms with Gasteiger partial charge in [0.2, 0.25) is 0 Å². The van der Waals surface area contributed by atoms with E-state index in [9.17, 15) is 10.1 Å². The van der Waals surface area contributed by atoms with Crippen molar-refractivity contribution in [2.45, 2.75) is 25.8 Å². The smallest absolute Gasteiger partial charge is 0.269 e. The zero-order chi connectivity index (χ0) is 15.1. The molecule has 4 heteroatoms. The minimum Gasteiger partial charge on any atom is -0.310 e. The first-order valence-corrected chi connectivity index (χ1v) is 7.22. The molecule has 0 spiro atoms. The van der Waals surface area contributed by atoms with Gasteiger partial charge in [-0.1, -0.05) is 49.4 Å². The van der Waals surface area contributed by atoms with Crippen LogP contribution in [0.15, 0.2) is 54.6 Å². The fraction of sp³-hybridized carbons (Fsp3) is 0.294. The van der Waals surface area contributed by atoms with Crippen LogP contribution in [0.5, 0.6) is 0 Å². The lowest BCUT2D eigenvalue weighted by Crippen LogP contribution is -2.24. The van der Waals surface area contributed by atoms with Gasteiger partial charge in [0.05, 0.1) is 4.92 Å². The average Bonchev–Trinajstić information content (AvgIpc) is 2.52. The van der Waals surface area contributed by atoms with Crippen molar-refractivity contribution in [2.75, 3.05) is 6.54 Å². The molecular weight excluding hydrogens is 264 g/mol. The number of nitrogens with one attached hydrogen (secondary N) is 1. The van der Waals surface area contributed by atoms with E-state index in [-0.39, 0.29) is 16.7 Å². The Morgan fingerprint density at radius 1 is 1.10 bits per heavy atom. The monoisotopic (exact) mass is 284 g/mol. The van der Waals surface area contributed by atoms with Crippen LogP contribution in [-0.4, -0.2) is 11.5 Å². The normalized spacial score (nSPS) is 12.0. The lowest BCUT2D eigenvalue weighted by atomic mass is 9.98. The molecule has 21 heavy (non-hydrogen) atoms. The lowest BCUT2D eigenvalue weighted by molar-refractivity contribution is -0.384. The number of nitrogens with zero attached hydrogens (tertiary/aromatic N) is 1. The molecule has 1 N–H and O–H groups in total. The van der Waals surface area contributed by atoms with Gasteiger partial charge in [0.25, 0.3) is 5.69 Å². The molecule has 0 saturated carbocycles. The van der Waals surface area contributed by atoms with Gasteiger partial charge < -0.3 is 5.32 Å². The Balaban J connectivity index is 2.12. The van der Waals surface area contributed by atoms with E-state index >= 15 is 0 Å². The summed E-state index contributed by atoms with van der Waals surface area (Å²) < 4.78 is 0. The van der Waals surface area contributed by atoms with E-state index in [1.54, 1.807) is 12.1 Å². The third-order valence-electron chi connectivity index (χ3n) is 3.43. The molecule has 2 aromatic rings. The van der Waals surface area contributed by atoms with E-state index in [4.69, 9.17) is 0 Å². The maximum atomic E-state index is 10.7. The van der Waals surface area contributed by atoms with Crippen LogP contribution in [0, 0.1) is 10.1 Å². The molecule has 0 aliphatic carbocycles. The molecule has 1 unspecified atom stereocenters. The highest BCUT2D eigenvalue weighted by atomic mass is 16.6. The summed E-state index contributed by atoms with van der Waals surface area (Å²) in [5.41, 5.74) is 2.47. The van der Waals surface area contributed by atoms with Crippen molar-refractivity contribution in [3.63, 3.8) is 0 Å². The highest BCUT2D eigenvalue weighted by Crippen LogP contribution is 2.20. The number of nitro groups is 1. The fourth-order valence-electron chi connectivity index (χ4n) is 2.30. The van der Waals surface area contributed by atoms with Gasteiger partial charge in [-0.2, -0.15) is 0 Å². The quantitative estimate of drug-likeness (QED) is 0.620. The minimum atomic E-state index is -0.367. The van der Waals surface area contributed by atoms with Crippen molar-refractivity contribution >= 4 is 5.69 Å². The van der Waals surface area contributed by atoms with Crippen molar-refractivity contribution in [2.24, 2.45) is 0 Å². The molecule has 0 heterocycles. The van der Waals surface area contributed by atoms with Gasteiger partial charge in [0.1, 0.15) is 0 Å². The van der Waals surface area contributed by atoms with Crippen molar-refractivity contribution in [1.29, 1.82) is 0 Å². The van der Waals surface area contributed by atoms with Gasteiger partial charge in [-0.25, -0.2) is 0 Å². The van der Waals surface area contributed by atoms with Crippen LogP contribution in [0.3, 0.4) is 0 Å². The molecule has 0 bridgehead atoms. The Morgan fingerprint density at radius 2 is 1.76 bits per heavy atom. The standard InChI is InChI=1S/C17H20N2O2/c1-2-12-18-17(15-6-4-3-5-7-15)13-14-8-10-16(11-9-14)19(20)21/h3-11,17-18H,2,12-13H2,1H3. The van der Waals surface area contributed by atoms with E-state index in [1.807, 2.05) is 30.3 Å². The molecule has 2 aromatic carbocycles. The first-order valence-electron chi connectivity index (χ1n) is 7.22. The molecule has 2 rings (SSSR count). The van der Waals surface area contributed by atoms with Crippen LogP contribution in [0.4, 0.5) is 5.69 Å². The first-order chi connectivity index (χ1) is 10.2. The van der Waals surface area contributed by atoms with E-state index in [2.05, 4.69) is 24.4 Å². The van der Waals surface area contributed by atoms with Gasteiger partial charge in [-0.3, -0.25) is 10.1 Å². The summed E-state index contributed by atoms with van der Waals surface area (Å²) >= 11 is 0. The van der Waals surface area contributed by atoms with Crippen LogP contribution >= 0.6 is 0 Å². The van der Waals surface area contributed by atoms with Crippen LogP contribution in [0.2, 0.25) is 0 Å². The number of hydrogen-bond donors (Lipinski definition) is 1. The molecule has 0 aliphatic rings. The van der Waals surface area contributed by atoms with Gasteiger partial charge >= 0.3 is 0 Å². The van der Waals surface area contributed by atoms with Crippen molar-refractivity contribution in [1.82, 2.24) is 5.32 Å². The molecule has 0 amide bonds. The molecule has 0 aliphatic heterocycles. The number of benzene rings is 2. The summed E-state index contributed by atoms with van der Waals surface area (Å²) in [5, 5.41) is 14.2. The molecule has 4 nitrogen and oxygen atoms in total. The van der Waals surface area contributed by atoms with Gasteiger partial charge in [-0.15, -0.1) is 0 Å². The summed E-state index contributed by atoms with van der Waals surface area (Å²) in [4.78, 5) is 10.3. The molecular formula is C17H20N2O2. The molecule has 0 fully saturated rings. The number of rotatable bonds is 7. The zero-order valence-electron chi connectivity index (χ0n) is 12.2. The predicted molar refractivity (Wildman–Crippen MR) is 84.3 cm³/mol. The molecule has 0 radical (unpaired) electrons. The van der Waals surface area contributed by atoms with Crippen molar-refractivity contribution < 1.29 is 4.92 Å². The Kier molecular flexibility index (Phi) is 5.46. The highest BCUT2D eigenvalue weighted by Gasteiger charge is 2.12. The van der Waals surface area contributed by atoms with Gasteiger partial charge in [0, 0.05) is 18.2 Å². The average molecular weight is 284 g/mol. The van der Waals surface area contributed by atoms with Crippen LogP contribution < -0.4 is 5.32 Å². The lowest BCUT2D eigenvalue weighted by Gasteiger charge is -2.19. The van der Waals surface area contributed by atoms with E-state index in [0.717, 1.165) is 24.9 Å². The van der Waals surface area contributed by atoms with E-state index < -0.39 is 0 Å². The van der Waals surface area contributed by atoms with E-state index in [1.165, 1.54) is 5.56 Å². The Morgan fingerprint density at radius 3 is 2.33 bits per heavy atom.